The first kappa shape index (κ1) is 13.5. The zero-order valence-corrected chi connectivity index (χ0v) is 10.2. The number of carbonyl (C=O) groups is 1. The van der Waals surface area contributed by atoms with Gasteiger partial charge in [0.25, 0.3) is 0 Å². The van der Waals surface area contributed by atoms with Gasteiger partial charge in [0, 0.05) is 6.92 Å². The minimum Gasteiger partial charge on any atom is -0.463 e. The SMILES string of the molecule is CCC(CCCC(C)(C)C)OC(C)=O. The van der Waals surface area contributed by atoms with Crippen LogP contribution in [-0.2, 0) is 9.53 Å². The normalized spacial score (nSPS) is 13.8. The molecule has 0 rings (SSSR count). The van der Waals surface area contributed by atoms with Crippen molar-refractivity contribution < 1.29 is 9.53 Å². The molecule has 0 bridgehead atoms. The van der Waals surface area contributed by atoms with E-state index in [1.807, 2.05) is 0 Å². The Morgan fingerprint density at radius 3 is 2.29 bits per heavy atom. The Hall–Kier alpha value is -0.530. The van der Waals surface area contributed by atoms with E-state index in [0.717, 1.165) is 19.3 Å². The van der Waals surface area contributed by atoms with Crippen LogP contribution in [0.4, 0.5) is 0 Å². The van der Waals surface area contributed by atoms with Crippen LogP contribution in [0.2, 0.25) is 0 Å². The van der Waals surface area contributed by atoms with Crippen molar-refractivity contribution in [3.63, 3.8) is 0 Å². The van der Waals surface area contributed by atoms with E-state index >= 15 is 0 Å². The predicted molar refractivity (Wildman–Crippen MR) is 59.2 cm³/mol. The van der Waals surface area contributed by atoms with Gasteiger partial charge in [-0.05, 0) is 31.1 Å². The first-order chi connectivity index (χ1) is 6.35. The molecule has 0 saturated carbocycles. The lowest BCUT2D eigenvalue weighted by molar-refractivity contribution is -0.146. The predicted octanol–water partition coefficient (Wildman–Crippen LogP) is 3.54. The monoisotopic (exact) mass is 200 g/mol. The molecule has 1 atom stereocenters. The van der Waals surface area contributed by atoms with E-state index in [9.17, 15) is 4.79 Å². The quantitative estimate of drug-likeness (QED) is 0.634. The summed E-state index contributed by atoms with van der Waals surface area (Å²) in [6, 6.07) is 0. The largest absolute Gasteiger partial charge is 0.463 e. The summed E-state index contributed by atoms with van der Waals surface area (Å²) < 4.78 is 5.18. The molecule has 2 heteroatoms. The number of carbonyl (C=O) groups excluding carboxylic acids is 1. The molecule has 0 saturated heterocycles. The van der Waals surface area contributed by atoms with Gasteiger partial charge in [-0.1, -0.05) is 27.7 Å². The number of hydrogen-bond donors (Lipinski definition) is 0. The highest BCUT2D eigenvalue weighted by Gasteiger charge is 2.13. The van der Waals surface area contributed by atoms with Crippen molar-refractivity contribution in [2.24, 2.45) is 5.41 Å². The minimum absolute atomic E-state index is 0.120. The van der Waals surface area contributed by atoms with Gasteiger partial charge >= 0.3 is 5.97 Å². The molecule has 0 N–H and O–H groups in total. The molecule has 0 aromatic heterocycles. The maximum atomic E-state index is 10.8. The van der Waals surface area contributed by atoms with E-state index in [4.69, 9.17) is 4.74 Å². The molecule has 14 heavy (non-hydrogen) atoms. The van der Waals surface area contributed by atoms with Crippen molar-refractivity contribution in [1.29, 1.82) is 0 Å². The van der Waals surface area contributed by atoms with E-state index in [0.29, 0.717) is 5.41 Å². The van der Waals surface area contributed by atoms with E-state index in [1.165, 1.54) is 13.3 Å². The lowest BCUT2D eigenvalue weighted by Crippen LogP contribution is -2.16. The first-order valence-corrected chi connectivity index (χ1v) is 5.52. The van der Waals surface area contributed by atoms with Crippen LogP contribution in [-0.4, -0.2) is 12.1 Å². The summed E-state index contributed by atoms with van der Waals surface area (Å²) in [4.78, 5) is 10.8. The fourth-order valence-electron chi connectivity index (χ4n) is 1.44. The van der Waals surface area contributed by atoms with Gasteiger partial charge in [0.1, 0.15) is 6.10 Å². The lowest BCUT2D eigenvalue weighted by atomic mass is 9.89. The third-order valence-corrected chi connectivity index (χ3v) is 2.24. The second-order valence-corrected chi connectivity index (χ2v) is 5.09. The van der Waals surface area contributed by atoms with Gasteiger partial charge in [0.2, 0.25) is 0 Å². The second-order valence-electron chi connectivity index (χ2n) is 5.09. The van der Waals surface area contributed by atoms with Gasteiger partial charge in [0.05, 0.1) is 0 Å². The maximum absolute atomic E-state index is 10.8. The molecule has 0 fully saturated rings. The summed E-state index contributed by atoms with van der Waals surface area (Å²) in [7, 11) is 0. The first-order valence-electron chi connectivity index (χ1n) is 5.52. The summed E-state index contributed by atoms with van der Waals surface area (Å²) in [5.74, 6) is -0.160. The molecule has 0 aliphatic heterocycles. The van der Waals surface area contributed by atoms with Crippen LogP contribution in [0.5, 0.6) is 0 Å². The van der Waals surface area contributed by atoms with Crippen LogP contribution >= 0.6 is 0 Å². The van der Waals surface area contributed by atoms with Crippen LogP contribution in [0.25, 0.3) is 0 Å². The fourth-order valence-corrected chi connectivity index (χ4v) is 1.44. The highest BCUT2D eigenvalue weighted by molar-refractivity contribution is 5.66. The van der Waals surface area contributed by atoms with Crippen LogP contribution in [0.15, 0.2) is 0 Å². The molecule has 2 nitrogen and oxygen atoms in total. The van der Waals surface area contributed by atoms with Gasteiger partial charge in [0.15, 0.2) is 0 Å². The van der Waals surface area contributed by atoms with Crippen molar-refractivity contribution >= 4 is 5.97 Å². The summed E-state index contributed by atoms with van der Waals surface area (Å²) in [5, 5.41) is 0. The Morgan fingerprint density at radius 1 is 1.36 bits per heavy atom. The van der Waals surface area contributed by atoms with Crippen molar-refractivity contribution in [2.75, 3.05) is 0 Å². The van der Waals surface area contributed by atoms with E-state index in [-0.39, 0.29) is 12.1 Å². The highest BCUT2D eigenvalue weighted by Crippen LogP contribution is 2.23. The summed E-state index contributed by atoms with van der Waals surface area (Å²) >= 11 is 0. The molecule has 0 aliphatic rings. The topological polar surface area (TPSA) is 26.3 Å². The molecular formula is C12H24O2. The van der Waals surface area contributed by atoms with Crippen LogP contribution < -0.4 is 0 Å². The molecule has 1 unspecified atom stereocenters. The van der Waals surface area contributed by atoms with Crippen molar-refractivity contribution in [2.45, 2.75) is 66.4 Å². The minimum atomic E-state index is -0.160. The van der Waals surface area contributed by atoms with Gasteiger partial charge in [-0.2, -0.15) is 0 Å². The molecule has 84 valence electrons. The van der Waals surface area contributed by atoms with Crippen LogP contribution in [0, 0.1) is 5.41 Å². The van der Waals surface area contributed by atoms with E-state index in [2.05, 4.69) is 27.7 Å². The fraction of sp³-hybridized carbons (Fsp3) is 0.917. The Kier molecular flexibility index (Phi) is 5.82. The van der Waals surface area contributed by atoms with E-state index < -0.39 is 0 Å². The van der Waals surface area contributed by atoms with Gasteiger partial charge in [-0.25, -0.2) is 0 Å². The molecule has 0 spiro atoms. The summed E-state index contributed by atoms with van der Waals surface area (Å²) in [6.07, 6.45) is 4.35. The van der Waals surface area contributed by atoms with Crippen LogP contribution in [0.1, 0.15) is 60.3 Å². The number of hydrogen-bond acceptors (Lipinski definition) is 2. The Morgan fingerprint density at radius 2 is 1.93 bits per heavy atom. The zero-order chi connectivity index (χ0) is 11.2. The third kappa shape index (κ3) is 8.09. The Labute approximate surface area is 88.0 Å². The highest BCUT2D eigenvalue weighted by atomic mass is 16.5. The average Bonchev–Trinajstić information content (AvgIpc) is 1.99. The number of esters is 1. The van der Waals surface area contributed by atoms with Crippen LogP contribution in [0.3, 0.4) is 0 Å². The molecule has 0 radical (unpaired) electrons. The molecular weight excluding hydrogens is 176 g/mol. The molecule has 0 amide bonds. The third-order valence-electron chi connectivity index (χ3n) is 2.24. The standard InChI is InChI=1S/C12H24O2/c1-6-11(14-10(2)13)8-7-9-12(3,4)5/h11H,6-9H2,1-5H3. The molecule has 0 aromatic carbocycles. The molecule has 0 aromatic rings. The lowest BCUT2D eigenvalue weighted by Gasteiger charge is -2.20. The summed E-state index contributed by atoms with van der Waals surface area (Å²) in [5.41, 5.74) is 0.383. The van der Waals surface area contributed by atoms with Crippen molar-refractivity contribution in [3.05, 3.63) is 0 Å². The second kappa shape index (κ2) is 6.05. The van der Waals surface area contributed by atoms with Gasteiger partial charge in [-0.3, -0.25) is 4.79 Å². The van der Waals surface area contributed by atoms with Gasteiger partial charge < -0.3 is 4.74 Å². The number of rotatable bonds is 5. The van der Waals surface area contributed by atoms with Crippen molar-refractivity contribution in [3.8, 4) is 0 Å². The number of ether oxygens (including phenoxy) is 1. The average molecular weight is 200 g/mol. The Balaban J connectivity index is 3.68. The smallest absolute Gasteiger partial charge is 0.302 e. The summed E-state index contributed by atoms with van der Waals surface area (Å²) in [6.45, 7) is 10.2. The van der Waals surface area contributed by atoms with Gasteiger partial charge in [-0.15, -0.1) is 0 Å². The molecule has 0 aliphatic carbocycles. The Bertz CT molecular complexity index is 168. The van der Waals surface area contributed by atoms with Crippen molar-refractivity contribution in [1.82, 2.24) is 0 Å². The molecule has 0 heterocycles. The zero-order valence-electron chi connectivity index (χ0n) is 10.2. The van der Waals surface area contributed by atoms with E-state index in [1.54, 1.807) is 0 Å². The maximum Gasteiger partial charge on any atom is 0.302 e.